The Morgan fingerprint density at radius 3 is 2.23 bits per heavy atom. The maximum atomic E-state index is 12.6. The molecule has 0 aliphatic heterocycles. The van der Waals surface area contributed by atoms with E-state index in [9.17, 15) is 4.79 Å². The highest BCUT2D eigenvalue weighted by Gasteiger charge is 2.32. The van der Waals surface area contributed by atoms with Gasteiger partial charge in [-0.2, -0.15) is 0 Å². The Bertz CT molecular complexity index is 719. The smallest absolute Gasteiger partial charge is 0.256 e. The van der Waals surface area contributed by atoms with Crippen molar-refractivity contribution in [1.29, 1.82) is 0 Å². The van der Waals surface area contributed by atoms with Crippen molar-refractivity contribution in [2.24, 2.45) is 0 Å². The van der Waals surface area contributed by atoms with E-state index in [-0.39, 0.29) is 5.91 Å². The molecule has 140 valence electrons. The average Bonchev–Trinajstić information content (AvgIpc) is 2.62. The number of amides is 1. The number of carbonyl (C=O) groups excluding carboxylic acids is 1. The van der Waals surface area contributed by atoms with Gasteiger partial charge in [0.2, 0.25) is 0 Å². The summed E-state index contributed by atoms with van der Waals surface area (Å²) in [6.07, 6.45) is 0.614. The van der Waals surface area contributed by atoms with Gasteiger partial charge in [0, 0.05) is 12.3 Å². The molecular formula is C22H29NO3. The third-order valence-electron chi connectivity index (χ3n) is 4.56. The molecule has 2 aromatic rings. The fourth-order valence-corrected chi connectivity index (χ4v) is 2.89. The standard InChI is InChI=1S/C22H29NO3/c1-6-22(5,26-7-2)21(24)23-19-13-16(3)20(17(4)14-19)25-15-18-11-9-8-10-12-18/h8-14H,6-7,15H2,1-5H3,(H,23,24)/t22-/m0/s1. The molecule has 0 saturated heterocycles. The van der Waals surface area contributed by atoms with Crippen LogP contribution in [0.2, 0.25) is 0 Å². The second kappa shape index (κ2) is 8.86. The van der Waals surface area contributed by atoms with Crippen molar-refractivity contribution in [3.8, 4) is 5.75 Å². The van der Waals surface area contributed by atoms with Crippen molar-refractivity contribution < 1.29 is 14.3 Å². The highest BCUT2D eigenvalue weighted by Crippen LogP contribution is 2.29. The number of hydrogen-bond acceptors (Lipinski definition) is 3. The lowest BCUT2D eigenvalue weighted by atomic mass is 10.0. The molecule has 26 heavy (non-hydrogen) atoms. The molecule has 0 radical (unpaired) electrons. The van der Waals surface area contributed by atoms with Crippen molar-refractivity contribution in [2.75, 3.05) is 11.9 Å². The Hall–Kier alpha value is -2.33. The van der Waals surface area contributed by atoms with E-state index in [0.717, 1.165) is 28.1 Å². The number of aryl methyl sites for hydroxylation is 2. The molecule has 0 heterocycles. The Balaban J connectivity index is 2.12. The molecule has 0 spiro atoms. The van der Waals surface area contributed by atoms with Gasteiger partial charge in [-0.15, -0.1) is 0 Å². The number of hydrogen-bond donors (Lipinski definition) is 1. The van der Waals surface area contributed by atoms with Crippen LogP contribution in [0.5, 0.6) is 5.75 Å². The summed E-state index contributed by atoms with van der Waals surface area (Å²) in [5.41, 5.74) is 3.05. The summed E-state index contributed by atoms with van der Waals surface area (Å²) in [6, 6.07) is 13.9. The van der Waals surface area contributed by atoms with Crippen LogP contribution in [-0.2, 0) is 16.1 Å². The molecule has 0 saturated carbocycles. The molecule has 4 heteroatoms. The number of carbonyl (C=O) groups is 1. The van der Waals surface area contributed by atoms with Gasteiger partial charge < -0.3 is 14.8 Å². The maximum Gasteiger partial charge on any atom is 0.256 e. The summed E-state index contributed by atoms with van der Waals surface area (Å²) in [7, 11) is 0. The summed E-state index contributed by atoms with van der Waals surface area (Å²) in [4.78, 5) is 12.6. The molecule has 0 fully saturated rings. The lowest BCUT2D eigenvalue weighted by Gasteiger charge is -2.27. The molecular weight excluding hydrogens is 326 g/mol. The molecule has 0 aromatic heterocycles. The first-order valence-corrected chi connectivity index (χ1v) is 9.13. The fraction of sp³-hybridized carbons (Fsp3) is 0.409. The van der Waals surface area contributed by atoms with Crippen molar-refractivity contribution in [1.82, 2.24) is 0 Å². The van der Waals surface area contributed by atoms with E-state index >= 15 is 0 Å². The largest absolute Gasteiger partial charge is 0.488 e. The second-order valence-corrected chi connectivity index (χ2v) is 6.68. The molecule has 0 unspecified atom stereocenters. The van der Waals surface area contributed by atoms with Gasteiger partial charge in [-0.3, -0.25) is 4.79 Å². The molecule has 0 aliphatic carbocycles. The molecule has 2 rings (SSSR count). The van der Waals surface area contributed by atoms with Gasteiger partial charge in [-0.25, -0.2) is 0 Å². The van der Waals surface area contributed by atoms with Crippen LogP contribution >= 0.6 is 0 Å². The van der Waals surface area contributed by atoms with E-state index < -0.39 is 5.60 Å². The minimum absolute atomic E-state index is 0.126. The third-order valence-corrected chi connectivity index (χ3v) is 4.56. The normalized spacial score (nSPS) is 13.1. The van der Waals surface area contributed by atoms with Crippen LogP contribution in [0.1, 0.15) is 43.9 Å². The van der Waals surface area contributed by atoms with Crippen LogP contribution in [0.4, 0.5) is 5.69 Å². The van der Waals surface area contributed by atoms with Crippen LogP contribution < -0.4 is 10.1 Å². The fourth-order valence-electron chi connectivity index (χ4n) is 2.89. The lowest BCUT2D eigenvalue weighted by Crippen LogP contribution is -2.42. The molecule has 1 atom stereocenters. The number of nitrogens with one attached hydrogen (secondary N) is 1. The van der Waals surface area contributed by atoms with E-state index in [4.69, 9.17) is 9.47 Å². The monoisotopic (exact) mass is 355 g/mol. The number of anilines is 1. The molecule has 0 bridgehead atoms. The van der Waals surface area contributed by atoms with Crippen molar-refractivity contribution in [3.05, 3.63) is 59.2 Å². The first-order chi connectivity index (χ1) is 12.4. The molecule has 1 amide bonds. The van der Waals surface area contributed by atoms with Crippen LogP contribution in [0.25, 0.3) is 0 Å². The number of ether oxygens (including phenoxy) is 2. The van der Waals surface area contributed by atoms with E-state index in [0.29, 0.717) is 19.6 Å². The average molecular weight is 355 g/mol. The summed E-state index contributed by atoms with van der Waals surface area (Å²) in [5, 5.41) is 2.98. The van der Waals surface area contributed by atoms with Gasteiger partial charge in [0.15, 0.2) is 0 Å². The van der Waals surface area contributed by atoms with Gasteiger partial charge in [0.25, 0.3) is 5.91 Å². The first-order valence-electron chi connectivity index (χ1n) is 9.13. The van der Waals surface area contributed by atoms with Gasteiger partial charge in [-0.05, 0) is 62.9 Å². The highest BCUT2D eigenvalue weighted by atomic mass is 16.5. The lowest BCUT2D eigenvalue weighted by molar-refractivity contribution is -0.139. The van der Waals surface area contributed by atoms with Gasteiger partial charge in [0.1, 0.15) is 18.0 Å². The van der Waals surface area contributed by atoms with E-state index in [1.807, 2.05) is 77.1 Å². The number of benzene rings is 2. The minimum atomic E-state index is -0.820. The number of rotatable bonds is 8. The Kier molecular flexibility index (Phi) is 6.81. The Morgan fingerprint density at radius 1 is 1.08 bits per heavy atom. The predicted octanol–water partition coefficient (Wildman–Crippen LogP) is 5.03. The topological polar surface area (TPSA) is 47.6 Å². The van der Waals surface area contributed by atoms with E-state index in [1.54, 1.807) is 0 Å². The zero-order chi connectivity index (χ0) is 19.2. The molecule has 0 aliphatic rings. The van der Waals surface area contributed by atoms with Gasteiger partial charge in [-0.1, -0.05) is 37.3 Å². The van der Waals surface area contributed by atoms with Crippen LogP contribution in [0.15, 0.2) is 42.5 Å². The zero-order valence-electron chi connectivity index (χ0n) is 16.4. The zero-order valence-corrected chi connectivity index (χ0v) is 16.4. The summed E-state index contributed by atoms with van der Waals surface area (Å²) in [5.74, 6) is 0.730. The predicted molar refractivity (Wildman–Crippen MR) is 106 cm³/mol. The van der Waals surface area contributed by atoms with E-state index in [1.165, 1.54) is 0 Å². The second-order valence-electron chi connectivity index (χ2n) is 6.68. The Morgan fingerprint density at radius 2 is 1.69 bits per heavy atom. The third kappa shape index (κ3) is 4.85. The first kappa shape index (κ1) is 20.0. The summed E-state index contributed by atoms with van der Waals surface area (Å²) >= 11 is 0. The Labute approximate surface area is 156 Å². The van der Waals surface area contributed by atoms with E-state index in [2.05, 4.69) is 5.32 Å². The summed E-state index contributed by atoms with van der Waals surface area (Å²) < 4.78 is 11.7. The van der Waals surface area contributed by atoms with Crippen molar-refractivity contribution in [2.45, 2.75) is 53.2 Å². The van der Waals surface area contributed by atoms with Crippen LogP contribution in [0, 0.1) is 13.8 Å². The quantitative estimate of drug-likeness (QED) is 0.723. The van der Waals surface area contributed by atoms with Gasteiger partial charge in [0.05, 0.1) is 0 Å². The maximum absolute atomic E-state index is 12.6. The van der Waals surface area contributed by atoms with Crippen LogP contribution in [0.3, 0.4) is 0 Å². The summed E-state index contributed by atoms with van der Waals surface area (Å²) in [6.45, 7) is 10.7. The van der Waals surface area contributed by atoms with Crippen molar-refractivity contribution in [3.63, 3.8) is 0 Å². The minimum Gasteiger partial charge on any atom is -0.488 e. The molecule has 2 aromatic carbocycles. The molecule has 1 N–H and O–H groups in total. The SMILES string of the molecule is CCO[C@@](C)(CC)C(=O)Nc1cc(C)c(OCc2ccccc2)c(C)c1. The van der Waals surface area contributed by atoms with Crippen molar-refractivity contribution >= 4 is 11.6 Å². The highest BCUT2D eigenvalue weighted by molar-refractivity contribution is 5.97. The molecule has 4 nitrogen and oxygen atoms in total. The van der Waals surface area contributed by atoms with Gasteiger partial charge >= 0.3 is 0 Å². The van der Waals surface area contributed by atoms with Crippen LogP contribution in [-0.4, -0.2) is 18.1 Å².